The van der Waals surface area contributed by atoms with Gasteiger partial charge in [0.15, 0.2) is 0 Å². The Balaban J connectivity index is 1.77. The molecule has 0 aliphatic carbocycles. The molecule has 25 heavy (non-hydrogen) atoms. The lowest BCUT2D eigenvalue weighted by molar-refractivity contribution is -0.138. The zero-order chi connectivity index (χ0) is 17.2. The lowest BCUT2D eigenvalue weighted by Gasteiger charge is -2.29. The van der Waals surface area contributed by atoms with Gasteiger partial charge in [-0.15, -0.1) is 11.8 Å². The molecule has 0 amide bonds. The van der Waals surface area contributed by atoms with E-state index in [9.17, 15) is 4.79 Å². The fourth-order valence-electron chi connectivity index (χ4n) is 3.79. The van der Waals surface area contributed by atoms with Crippen molar-refractivity contribution in [1.82, 2.24) is 4.90 Å². The maximum atomic E-state index is 11.0. The third kappa shape index (κ3) is 3.37. The number of hydrogen-bond acceptors (Lipinski definition) is 3. The molecule has 1 N–H and O–H groups in total. The highest BCUT2D eigenvalue weighted by atomic mass is 32.2. The number of nitrogens with zero attached hydrogens (tertiary/aromatic N) is 1. The zero-order valence-corrected chi connectivity index (χ0v) is 14.9. The predicted octanol–water partition coefficient (Wildman–Crippen LogP) is 4.27. The Hall–Kier alpha value is -2.04. The Morgan fingerprint density at radius 3 is 2.44 bits per heavy atom. The van der Waals surface area contributed by atoms with Gasteiger partial charge in [-0.2, -0.15) is 0 Å². The summed E-state index contributed by atoms with van der Waals surface area (Å²) >= 11 is 1.91. The summed E-state index contributed by atoms with van der Waals surface area (Å²) in [4.78, 5) is 14.3. The number of likely N-dealkylation sites (tertiary alicyclic amines) is 1. The van der Waals surface area contributed by atoms with E-state index in [4.69, 9.17) is 5.11 Å². The number of carbonyl (C=O) groups is 1. The number of hydrogen-bond donors (Lipinski definition) is 1. The van der Waals surface area contributed by atoms with Crippen LogP contribution < -0.4 is 0 Å². The number of carboxylic acid groups (broad SMARTS) is 1. The Morgan fingerprint density at radius 1 is 1.00 bits per heavy atom. The summed E-state index contributed by atoms with van der Waals surface area (Å²) in [5.41, 5.74) is 6.91. The van der Waals surface area contributed by atoms with E-state index in [1.165, 1.54) is 32.7 Å². The van der Waals surface area contributed by atoms with E-state index < -0.39 is 5.97 Å². The first kappa shape index (κ1) is 16.4. The fourth-order valence-corrected chi connectivity index (χ4v) is 4.86. The minimum Gasteiger partial charge on any atom is -0.480 e. The van der Waals surface area contributed by atoms with Gasteiger partial charge < -0.3 is 5.11 Å². The zero-order valence-electron chi connectivity index (χ0n) is 14.1. The van der Waals surface area contributed by atoms with Crippen LogP contribution in [-0.2, 0) is 10.5 Å². The topological polar surface area (TPSA) is 40.5 Å². The molecule has 0 radical (unpaired) electrons. The number of benzene rings is 2. The molecule has 2 aliphatic heterocycles. The van der Waals surface area contributed by atoms with Crippen LogP contribution in [0.25, 0.3) is 5.57 Å². The van der Waals surface area contributed by atoms with E-state index >= 15 is 0 Å². The predicted molar refractivity (Wildman–Crippen MR) is 102 cm³/mol. The molecule has 2 heterocycles. The fraction of sp³-hybridized carbons (Fsp3) is 0.286. The number of thioether (sulfide) groups is 1. The van der Waals surface area contributed by atoms with Gasteiger partial charge in [0.25, 0.3) is 0 Å². The minimum atomic E-state index is -0.738. The first-order chi connectivity index (χ1) is 12.2. The molecule has 0 spiro atoms. The second kappa shape index (κ2) is 7.06. The van der Waals surface area contributed by atoms with Crippen molar-refractivity contribution in [2.75, 3.05) is 19.6 Å². The Bertz CT molecular complexity index is 784. The van der Waals surface area contributed by atoms with Gasteiger partial charge in [-0.25, -0.2) is 0 Å². The summed E-state index contributed by atoms with van der Waals surface area (Å²) in [6, 6.07) is 17.4. The van der Waals surface area contributed by atoms with Gasteiger partial charge in [-0.3, -0.25) is 9.69 Å². The Morgan fingerprint density at radius 2 is 1.68 bits per heavy atom. The van der Waals surface area contributed by atoms with Crippen molar-refractivity contribution >= 4 is 23.3 Å². The summed E-state index contributed by atoms with van der Waals surface area (Å²) in [6.07, 6.45) is 1.88. The van der Waals surface area contributed by atoms with Crippen molar-refractivity contribution < 1.29 is 9.90 Å². The van der Waals surface area contributed by atoms with E-state index in [1.807, 2.05) is 16.7 Å². The van der Waals surface area contributed by atoms with E-state index in [1.54, 1.807) is 0 Å². The molecule has 1 saturated heterocycles. The molecular formula is C21H21NO2S. The van der Waals surface area contributed by atoms with Crippen LogP contribution in [0.4, 0.5) is 0 Å². The number of fused-ring (bicyclic) bond motifs is 2. The highest BCUT2D eigenvalue weighted by Gasteiger charge is 2.24. The molecule has 0 aromatic heterocycles. The maximum absolute atomic E-state index is 11.0. The maximum Gasteiger partial charge on any atom is 0.317 e. The number of piperidine rings is 1. The van der Waals surface area contributed by atoms with Crippen molar-refractivity contribution in [3.05, 3.63) is 70.8 Å². The van der Waals surface area contributed by atoms with Crippen molar-refractivity contribution in [3.8, 4) is 0 Å². The van der Waals surface area contributed by atoms with E-state index in [2.05, 4.69) is 48.5 Å². The first-order valence-corrected chi connectivity index (χ1v) is 9.67. The number of carboxylic acids is 1. The molecule has 128 valence electrons. The van der Waals surface area contributed by atoms with Crippen LogP contribution in [0.15, 0.2) is 59.0 Å². The van der Waals surface area contributed by atoms with Crippen LogP contribution >= 0.6 is 11.8 Å². The van der Waals surface area contributed by atoms with Crippen molar-refractivity contribution in [2.45, 2.75) is 23.5 Å². The third-order valence-corrected chi connectivity index (χ3v) is 6.12. The van der Waals surface area contributed by atoms with Crippen LogP contribution in [0.5, 0.6) is 0 Å². The van der Waals surface area contributed by atoms with Gasteiger partial charge in [0.05, 0.1) is 6.54 Å². The summed E-state index contributed by atoms with van der Waals surface area (Å²) in [7, 11) is 0. The molecule has 4 rings (SSSR count). The second-order valence-corrected chi connectivity index (χ2v) is 7.61. The van der Waals surface area contributed by atoms with Crippen LogP contribution in [0.2, 0.25) is 0 Å². The summed E-state index contributed by atoms with van der Waals surface area (Å²) < 4.78 is 0. The van der Waals surface area contributed by atoms with Gasteiger partial charge in [0, 0.05) is 23.7 Å². The summed E-state index contributed by atoms with van der Waals surface area (Å²) in [6.45, 7) is 1.79. The van der Waals surface area contributed by atoms with E-state index in [0.717, 1.165) is 31.7 Å². The molecule has 0 saturated carbocycles. The SMILES string of the molecule is O=C(O)CN1CCC(=C2c3ccccc3CSc3ccccc32)CC1. The molecular weight excluding hydrogens is 330 g/mol. The average molecular weight is 351 g/mol. The number of rotatable bonds is 2. The molecule has 3 nitrogen and oxygen atoms in total. The van der Waals surface area contributed by atoms with Crippen LogP contribution in [-0.4, -0.2) is 35.6 Å². The molecule has 2 aromatic carbocycles. The lowest BCUT2D eigenvalue weighted by atomic mass is 9.86. The number of aliphatic carboxylic acids is 1. The van der Waals surface area contributed by atoms with Gasteiger partial charge in [0.1, 0.15) is 0 Å². The molecule has 0 unspecified atom stereocenters. The third-order valence-electron chi connectivity index (χ3n) is 5.00. The normalized spacial score (nSPS) is 17.6. The van der Waals surface area contributed by atoms with Crippen molar-refractivity contribution in [3.63, 3.8) is 0 Å². The molecule has 2 aromatic rings. The van der Waals surface area contributed by atoms with Crippen molar-refractivity contribution in [1.29, 1.82) is 0 Å². The van der Waals surface area contributed by atoms with E-state index in [-0.39, 0.29) is 6.54 Å². The van der Waals surface area contributed by atoms with E-state index in [0.29, 0.717) is 0 Å². The highest BCUT2D eigenvalue weighted by molar-refractivity contribution is 7.98. The Kier molecular flexibility index (Phi) is 4.64. The minimum absolute atomic E-state index is 0.144. The van der Waals surface area contributed by atoms with Crippen LogP contribution in [0.1, 0.15) is 29.5 Å². The first-order valence-electron chi connectivity index (χ1n) is 8.69. The average Bonchev–Trinajstić information content (AvgIpc) is 2.79. The smallest absolute Gasteiger partial charge is 0.317 e. The van der Waals surface area contributed by atoms with Crippen LogP contribution in [0.3, 0.4) is 0 Å². The molecule has 2 aliphatic rings. The second-order valence-electron chi connectivity index (χ2n) is 6.59. The molecule has 4 heteroatoms. The quantitative estimate of drug-likeness (QED) is 0.877. The van der Waals surface area contributed by atoms with Gasteiger partial charge in [-0.05, 0) is 41.2 Å². The molecule has 0 atom stereocenters. The largest absolute Gasteiger partial charge is 0.480 e. The molecule has 1 fully saturated rings. The monoisotopic (exact) mass is 351 g/mol. The van der Waals surface area contributed by atoms with Crippen molar-refractivity contribution in [2.24, 2.45) is 0 Å². The van der Waals surface area contributed by atoms with Crippen LogP contribution in [0, 0.1) is 0 Å². The summed E-state index contributed by atoms with van der Waals surface area (Å²) in [5, 5.41) is 9.02. The Labute approximate surface area is 152 Å². The van der Waals surface area contributed by atoms with Gasteiger partial charge in [-0.1, -0.05) is 48.0 Å². The standard InChI is InChI=1S/C21H21NO2S/c23-20(24)13-22-11-9-15(10-12-22)21-17-6-2-1-5-16(17)14-25-19-8-4-3-7-18(19)21/h1-8H,9-14H2,(H,23,24). The van der Waals surface area contributed by atoms with Gasteiger partial charge in [0.2, 0.25) is 0 Å². The molecule has 0 bridgehead atoms. The summed E-state index contributed by atoms with van der Waals surface area (Å²) in [5.74, 6) is 0.257. The lowest BCUT2D eigenvalue weighted by Crippen LogP contribution is -2.35. The highest BCUT2D eigenvalue weighted by Crippen LogP contribution is 2.43. The van der Waals surface area contributed by atoms with Gasteiger partial charge >= 0.3 is 5.97 Å².